The SMILES string of the molecule is COc1cccc(Oc2ccc(Cl)cc2NC(=O)C2CCN(Cc3nc(-c4ccccc4C)no3)CC2)c1. The highest BCUT2D eigenvalue weighted by Gasteiger charge is 2.27. The smallest absolute Gasteiger partial charge is 0.241 e. The van der Waals surface area contributed by atoms with Crippen molar-refractivity contribution in [2.45, 2.75) is 26.3 Å². The van der Waals surface area contributed by atoms with Gasteiger partial charge in [-0.2, -0.15) is 4.98 Å². The third kappa shape index (κ3) is 6.15. The highest BCUT2D eigenvalue weighted by atomic mass is 35.5. The molecule has 0 bridgehead atoms. The Morgan fingerprint density at radius 2 is 1.87 bits per heavy atom. The lowest BCUT2D eigenvalue weighted by Gasteiger charge is -2.30. The quantitative estimate of drug-likeness (QED) is 0.283. The van der Waals surface area contributed by atoms with Crippen molar-refractivity contribution in [1.29, 1.82) is 0 Å². The van der Waals surface area contributed by atoms with Crippen LogP contribution in [0.15, 0.2) is 71.3 Å². The Hall–Kier alpha value is -3.88. The van der Waals surface area contributed by atoms with Crippen LogP contribution in [0.1, 0.15) is 24.3 Å². The largest absolute Gasteiger partial charge is 0.497 e. The van der Waals surface area contributed by atoms with Gasteiger partial charge in [-0.3, -0.25) is 9.69 Å². The summed E-state index contributed by atoms with van der Waals surface area (Å²) in [5.74, 6) is 2.78. The van der Waals surface area contributed by atoms with Gasteiger partial charge in [-0.1, -0.05) is 47.1 Å². The van der Waals surface area contributed by atoms with Crippen LogP contribution in [0.3, 0.4) is 0 Å². The Balaban J connectivity index is 1.18. The van der Waals surface area contributed by atoms with E-state index in [1.54, 1.807) is 31.4 Å². The van der Waals surface area contributed by atoms with Gasteiger partial charge in [0.25, 0.3) is 0 Å². The minimum atomic E-state index is -0.125. The summed E-state index contributed by atoms with van der Waals surface area (Å²) >= 11 is 6.23. The Morgan fingerprint density at radius 1 is 1.08 bits per heavy atom. The molecule has 1 aliphatic rings. The molecule has 196 valence electrons. The summed E-state index contributed by atoms with van der Waals surface area (Å²) in [4.78, 5) is 20.0. The van der Waals surface area contributed by atoms with Gasteiger partial charge in [-0.25, -0.2) is 0 Å². The van der Waals surface area contributed by atoms with Crippen molar-refractivity contribution in [3.63, 3.8) is 0 Å². The number of methoxy groups -OCH3 is 1. The average molecular weight is 533 g/mol. The maximum Gasteiger partial charge on any atom is 0.241 e. The molecule has 8 nitrogen and oxygen atoms in total. The molecule has 1 aromatic heterocycles. The zero-order chi connectivity index (χ0) is 26.5. The van der Waals surface area contributed by atoms with Crippen LogP contribution in [0.25, 0.3) is 11.4 Å². The molecule has 4 aromatic rings. The number of likely N-dealkylation sites (tertiary alicyclic amines) is 1. The summed E-state index contributed by atoms with van der Waals surface area (Å²) in [5, 5.41) is 7.69. The van der Waals surface area contributed by atoms with Crippen LogP contribution in [-0.2, 0) is 11.3 Å². The second-order valence-corrected chi connectivity index (χ2v) is 9.72. The van der Waals surface area contributed by atoms with Gasteiger partial charge in [0.2, 0.25) is 17.6 Å². The van der Waals surface area contributed by atoms with Gasteiger partial charge < -0.3 is 19.3 Å². The fourth-order valence-corrected chi connectivity index (χ4v) is 4.68. The number of amides is 1. The van der Waals surface area contributed by atoms with Gasteiger partial charge in [0.05, 0.1) is 19.3 Å². The van der Waals surface area contributed by atoms with E-state index in [1.165, 1.54) is 0 Å². The molecule has 1 fully saturated rings. The van der Waals surface area contributed by atoms with Gasteiger partial charge in [-0.15, -0.1) is 0 Å². The van der Waals surface area contributed by atoms with Crippen molar-refractivity contribution in [1.82, 2.24) is 15.0 Å². The zero-order valence-corrected chi connectivity index (χ0v) is 22.1. The Morgan fingerprint density at radius 3 is 2.66 bits per heavy atom. The van der Waals surface area contributed by atoms with E-state index >= 15 is 0 Å². The normalized spacial score (nSPS) is 14.3. The molecule has 2 heterocycles. The lowest BCUT2D eigenvalue weighted by atomic mass is 9.96. The minimum Gasteiger partial charge on any atom is -0.497 e. The predicted molar refractivity (Wildman–Crippen MR) is 146 cm³/mol. The molecule has 0 spiro atoms. The number of rotatable bonds is 8. The molecule has 1 saturated heterocycles. The number of benzene rings is 3. The van der Waals surface area contributed by atoms with E-state index in [4.69, 9.17) is 25.6 Å². The summed E-state index contributed by atoms with van der Waals surface area (Å²) in [6.45, 7) is 4.09. The fraction of sp³-hybridized carbons (Fsp3) is 0.276. The predicted octanol–water partition coefficient (Wildman–Crippen LogP) is 6.35. The van der Waals surface area contributed by atoms with Crippen molar-refractivity contribution in [2.75, 3.05) is 25.5 Å². The Bertz CT molecular complexity index is 1420. The monoisotopic (exact) mass is 532 g/mol. The van der Waals surface area contributed by atoms with Crippen molar-refractivity contribution < 1.29 is 18.8 Å². The summed E-state index contributed by atoms with van der Waals surface area (Å²) in [6, 6.07) is 20.4. The van der Waals surface area contributed by atoms with Crippen LogP contribution in [0, 0.1) is 12.8 Å². The zero-order valence-electron chi connectivity index (χ0n) is 21.3. The van der Waals surface area contributed by atoms with Crippen molar-refractivity contribution in [3.05, 3.63) is 83.2 Å². The first-order valence-electron chi connectivity index (χ1n) is 12.5. The number of nitrogens with one attached hydrogen (secondary N) is 1. The molecular weight excluding hydrogens is 504 g/mol. The van der Waals surface area contributed by atoms with Crippen LogP contribution in [0.2, 0.25) is 5.02 Å². The second kappa shape index (κ2) is 11.7. The first-order valence-corrected chi connectivity index (χ1v) is 12.9. The van der Waals surface area contributed by atoms with Crippen molar-refractivity contribution in [3.8, 4) is 28.6 Å². The highest BCUT2D eigenvalue weighted by molar-refractivity contribution is 6.31. The van der Waals surface area contributed by atoms with Gasteiger partial charge >= 0.3 is 0 Å². The number of aryl methyl sites for hydroxylation is 1. The molecule has 0 saturated carbocycles. The molecule has 0 unspecified atom stereocenters. The summed E-state index contributed by atoms with van der Waals surface area (Å²) in [5.41, 5.74) is 2.60. The number of aromatic nitrogens is 2. The Kier molecular flexibility index (Phi) is 7.91. The van der Waals surface area contributed by atoms with Crippen molar-refractivity contribution >= 4 is 23.2 Å². The summed E-state index contributed by atoms with van der Waals surface area (Å²) in [7, 11) is 1.60. The van der Waals surface area contributed by atoms with Gasteiger partial charge in [0, 0.05) is 22.6 Å². The molecule has 1 aliphatic heterocycles. The number of carbonyl (C=O) groups is 1. The number of ether oxygens (including phenoxy) is 2. The second-order valence-electron chi connectivity index (χ2n) is 9.29. The molecule has 9 heteroatoms. The van der Waals surface area contributed by atoms with E-state index in [0.29, 0.717) is 46.2 Å². The van der Waals surface area contributed by atoms with E-state index in [2.05, 4.69) is 20.4 Å². The summed E-state index contributed by atoms with van der Waals surface area (Å²) < 4.78 is 16.8. The third-order valence-electron chi connectivity index (χ3n) is 6.64. The van der Waals surface area contributed by atoms with Crippen molar-refractivity contribution in [2.24, 2.45) is 5.92 Å². The molecule has 1 amide bonds. The average Bonchev–Trinajstić information content (AvgIpc) is 3.39. The molecule has 3 aromatic carbocycles. The number of hydrogen-bond acceptors (Lipinski definition) is 7. The first kappa shape index (κ1) is 25.8. The van der Waals surface area contributed by atoms with E-state index < -0.39 is 0 Å². The maximum atomic E-state index is 13.2. The first-order chi connectivity index (χ1) is 18.5. The van der Waals surface area contributed by atoms with Crippen LogP contribution >= 0.6 is 11.6 Å². The minimum absolute atomic E-state index is 0.0537. The van der Waals surface area contributed by atoms with Crippen LogP contribution in [-0.4, -0.2) is 41.1 Å². The number of halogens is 1. The number of piperidine rings is 1. The van der Waals surface area contributed by atoms with Crippen LogP contribution in [0.5, 0.6) is 17.2 Å². The lowest BCUT2D eigenvalue weighted by molar-refractivity contribution is -0.121. The van der Waals surface area contributed by atoms with E-state index in [0.717, 1.165) is 37.1 Å². The molecule has 0 radical (unpaired) electrons. The van der Waals surface area contributed by atoms with Crippen LogP contribution < -0.4 is 14.8 Å². The maximum absolute atomic E-state index is 13.2. The summed E-state index contributed by atoms with van der Waals surface area (Å²) in [6.07, 6.45) is 1.44. The molecule has 1 N–H and O–H groups in total. The third-order valence-corrected chi connectivity index (χ3v) is 6.87. The van der Waals surface area contributed by atoms with E-state index in [1.807, 2.05) is 49.4 Å². The molecule has 0 aliphatic carbocycles. The standard InChI is InChI=1S/C29H29ClN4O4/c1-19-6-3-4-9-24(19)28-32-27(38-33-28)18-34-14-12-20(13-15-34)29(35)31-25-16-21(30)10-11-26(25)37-23-8-5-7-22(17-23)36-2/h3-11,16-17,20H,12-15,18H2,1-2H3,(H,31,35). The molecule has 0 atom stereocenters. The number of hydrogen-bond donors (Lipinski definition) is 1. The number of nitrogens with zero attached hydrogens (tertiary/aromatic N) is 3. The topological polar surface area (TPSA) is 89.7 Å². The lowest BCUT2D eigenvalue weighted by Crippen LogP contribution is -2.37. The number of anilines is 1. The molecule has 38 heavy (non-hydrogen) atoms. The highest BCUT2D eigenvalue weighted by Crippen LogP contribution is 2.34. The van der Waals surface area contributed by atoms with E-state index in [9.17, 15) is 4.79 Å². The number of carbonyl (C=O) groups excluding carboxylic acids is 1. The van der Waals surface area contributed by atoms with Crippen LogP contribution in [0.4, 0.5) is 5.69 Å². The fourth-order valence-electron chi connectivity index (χ4n) is 4.51. The van der Waals surface area contributed by atoms with Gasteiger partial charge in [0.15, 0.2) is 5.75 Å². The van der Waals surface area contributed by atoms with Gasteiger partial charge in [-0.05, 0) is 68.8 Å². The Labute approximate surface area is 226 Å². The molecular formula is C29H29ClN4O4. The molecule has 5 rings (SSSR count). The van der Waals surface area contributed by atoms with Gasteiger partial charge in [0.1, 0.15) is 11.5 Å². The van der Waals surface area contributed by atoms with E-state index in [-0.39, 0.29) is 11.8 Å².